The molecule has 18 heavy (non-hydrogen) atoms. The lowest BCUT2D eigenvalue weighted by Crippen LogP contribution is -2.30. The van der Waals surface area contributed by atoms with Crippen LogP contribution < -0.4 is 16.0 Å². The van der Waals surface area contributed by atoms with Gasteiger partial charge in [0.25, 0.3) is 0 Å². The highest BCUT2D eigenvalue weighted by Gasteiger charge is 1.99. The number of allylic oxidation sites excluding steroid dienone is 3. The molecular weight excluding hydrogens is 224 g/mol. The fourth-order valence-corrected chi connectivity index (χ4v) is 1.95. The van der Waals surface area contributed by atoms with E-state index in [0.717, 1.165) is 37.6 Å². The van der Waals surface area contributed by atoms with Crippen LogP contribution in [-0.4, -0.2) is 37.9 Å². The van der Waals surface area contributed by atoms with Crippen molar-refractivity contribution in [2.24, 2.45) is 4.99 Å². The number of hydrogen-bond donors (Lipinski definition) is 3. The molecule has 4 heteroatoms. The number of aliphatic imine (C=N–C) groups is 1. The van der Waals surface area contributed by atoms with Gasteiger partial charge in [-0.25, -0.2) is 0 Å². The van der Waals surface area contributed by atoms with E-state index in [1.165, 1.54) is 5.70 Å². The highest BCUT2D eigenvalue weighted by Crippen LogP contribution is 1.94. The van der Waals surface area contributed by atoms with Crippen LogP contribution in [0, 0.1) is 0 Å². The van der Waals surface area contributed by atoms with E-state index in [2.05, 4.69) is 53.9 Å². The van der Waals surface area contributed by atoms with Gasteiger partial charge in [0.15, 0.2) is 0 Å². The Kier molecular flexibility index (Phi) is 6.50. The van der Waals surface area contributed by atoms with Gasteiger partial charge in [0.1, 0.15) is 0 Å². The van der Waals surface area contributed by atoms with Gasteiger partial charge in [0, 0.05) is 42.8 Å². The first kappa shape index (κ1) is 14.8. The van der Waals surface area contributed by atoms with Gasteiger partial charge in [-0.15, -0.1) is 0 Å². The molecule has 0 aromatic rings. The zero-order valence-corrected chi connectivity index (χ0v) is 12.0. The molecule has 4 nitrogen and oxygen atoms in total. The quantitative estimate of drug-likeness (QED) is 0.609. The average molecular weight is 250 g/mol. The fourth-order valence-electron chi connectivity index (χ4n) is 1.95. The molecule has 0 aromatic heterocycles. The predicted octanol–water partition coefficient (Wildman–Crippen LogP) is 1.43. The highest BCUT2D eigenvalue weighted by atomic mass is 15.0. The highest BCUT2D eigenvalue weighted by molar-refractivity contribution is 5.93. The van der Waals surface area contributed by atoms with Gasteiger partial charge in [-0.1, -0.05) is 0 Å². The summed E-state index contributed by atoms with van der Waals surface area (Å²) in [6.45, 7) is 12.0. The molecule has 0 bridgehead atoms. The normalized spacial score (nSPS) is 29.6. The third-order valence-electron chi connectivity index (χ3n) is 2.80. The van der Waals surface area contributed by atoms with E-state index in [1.807, 2.05) is 6.92 Å². The Morgan fingerprint density at radius 3 is 2.44 bits per heavy atom. The Bertz CT molecular complexity index is 342. The van der Waals surface area contributed by atoms with Crippen molar-refractivity contribution in [3.8, 4) is 0 Å². The molecule has 0 spiro atoms. The van der Waals surface area contributed by atoms with Crippen LogP contribution in [0.2, 0.25) is 0 Å². The molecule has 0 aromatic carbocycles. The smallest absolute Gasteiger partial charge is 0.0517 e. The maximum Gasteiger partial charge on any atom is 0.0517 e. The molecule has 0 saturated heterocycles. The van der Waals surface area contributed by atoms with Crippen molar-refractivity contribution < 1.29 is 0 Å². The Morgan fingerprint density at radius 1 is 1.06 bits per heavy atom. The molecule has 1 atom stereocenters. The third kappa shape index (κ3) is 6.45. The molecule has 0 saturated carbocycles. The summed E-state index contributed by atoms with van der Waals surface area (Å²) in [7, 11) is 0. The topological polar surface area (TPSA) is 48.5 Å². The van der Waals surface area contributed by atoms with Gasteiger partial charge in [-0.2, -0.15) is 0 Å². The lowest BCUT2D eigenvalue weighted by atomic mass is 10.2. The minimum Gasteiger partial charge on any atom is -0.387 e. The van der Waals surface area contributed by atoms with E-state index in [1.54, 1.807) is 0 Å². The van der Waals surface area contributed by atoms with Gasteiger partial charge < -0.3 is 16.0 Å². The number of rotatable bonds is 0. The van der Waals surface area contributed by atoms with Crippen LogP contribution in [0.3, 0.4) is 0 Å². The summed E-state index contributed by atoms with van der Waals surface area (Å²) in [5.74, 6) is 0. The Morgan fingerprint density at radius 2 is 1.72 bits per heavy atom. The van der Waals surface area contributed by atoms with E-state index in [-0.39, 0.29) is 0 Å². The van der Waals surface area contributed by atoms with Gasteiger partial charge in [-0.05, 0) is 39.8 Å². The Balaban J connectivity index is 2.64. The molecule has 1 aliphatic rings. The van der Waals surface area contributed by atoms with Crippen LogP contribution in [0.25, 0.3) is 0 Å². The zero-order valence-electron chi connectivity index (χ0n) is 12.0. The first-order valence-electron chi connectivity index (χ1n) is 6.67. The molecule has 1 aliphatic heterocycles. The monoisotopic (exact) mass is 250 g/mol. The lowest BCUT2D eigenvalue weighted by molar-refractivity contribution is 0.628. The van der Waals surface area contributed by atoms with Crippen molar-refractivity contribution in [2.75, 3.05) is 26.2 Å². The minimum absolute atomic E-state index is 0.376. The van der Waals surface area contributed by atoms with Crippen molar-refractivity contribution in [2.45, 2.75) is 33.7 Å². The molecule has 1 rings (SSSR count). The first-order valence-corrected chi connectivity index (χ1v) is 6.67. The molecule has 102 valence electrons. The second-order valence-corrected chi connectivity index (χ2v) is 4.80. The standard InChI is InChI=1S/C14H26N4/c1-11-9-12(2)16-7-8-18-14(4)10-13(3)17-6-5-15-11/h9-11,15-16,18H,5-8H2,1-4H3/b12-9+,14-10+,17-13?. The summed E-state index contributed by atoms with van der Waals surface area (Å²) in [6, 6.07) is 0.376. The summed E-state index contributed by atoms with van der Waals surface area (Å²) < 4.78 is 0. The molecular formula is C14H26N4. The molecule has 0 amide bonds. The van der Waals surface area contributed by atoms with Crippen LogP contribution in [0.5, 0.6) is 0 Å². The van der Waals surface area contributed by atoms with Crippen molar-refractivity contribution in [1.29, 1.82) is 0 Å². The van der Waals surface area contributed by atoms with E-state index < -0.39 is 0 Å². The largest absolute Gasteiger partial charge is 0.387 e. The number of nitrogens with zero attached hydrogens (tertiary/aromatic N) is 1. The lowest BCUT2D eigenvalue weighted by Gasteiger charge is -2.14. The summed E-state index contributed by atoms with van der Waals surface area (Å²) in [6.07, 6.45) is 4.31. The maximum atomic E-state index is 4.52. The zero-order chi connectivity index (χ0) is 13.4. The number of hydrogen-bond acceptors (Lipinski definition) is 4. The van der Waals surface area contributed by atoms with Crippen LogP contribution in [0.4, 0.5) is 0 Å². The average Bonchev–Trinajstić information content (AvgIpc) is 2.29. The fraction of sp³-hybridized carbons (Fsp3) is 0.643. The van der Waals surface area contributed by atoms with E-state index >= 15 is 0 Å². The van der Waals surface area contributed by atoms with E-state index in [9.17, 15) is 0 Å². The number of nitrogens with one attached hydrogen (secondary N) is 3. The maximum absolute atomic E-state index is 4.52. The summed E-state index contributed by atoms with van der Waals surface area (Å²) in [5.41, 5.74) is 3.46. The van der Waals surface area contributed by atoms with Crippen molar-refractivity contribution >= 4 is 5.71 Å². The Labute approximate surface area is 111 Å². The van der Waals surface area contributed by atoms with Crippen molar-refractivity contribution in [3.05, 3.63) is 23.5 Å². The molecule has 1 heterocycles. The molecule has 1 unspecified atom stereocenters. The molecule has 0 aliphatic carbocycles. The van der Waals surface area contributed by atoms with Crippen molar-refractivity contribution in [1.82, 2.24) is 16.0 Å². The van der Waals surface area contributed by atoms with Crippen LogP contribution in [0.1, 0.15) is 27.7 Å². The predicted molar refractivity (Wildman–Crippen MR) is 79.0 cm³/mol. The summed E-state index contributed by atoms with van der Waals surface area (Å²) >= 11 is 0. The van der Waals surface area contributed by atoms with Gasteiger partial charge in [0.2, 0.25) is 0 Å². The van der Waals surface area contributed by atoms with Crippen LogP contribution in [-0.2, 0) is 0 Å². The van der Waals surface area contributed by atoms with E-state index in [4.69, 9.17) is 0 Å². The van der Waals surface area contributed by atoms with Gasteiger partial charge in [-0.3, -0.25) is 4.99 Å². The van der Waals surface area contributed by atoms with Crippen molar-refractivity contribution in [3.63, 3.8) is 0 Å². The second kappa shape index (κ2) is 7.93. The molecule has 0 radical (unpaired) electrons. The van der Waals surface area contributed by atoms with Crippen LogP contribution in [0.15, 0.2) is 28.5 Å². The van der Waals surface area contributed by atoms with Crippen LogP contribution >= 0.6 is 0 Å². The SMILES string of the molecule is CC1=NCCNC(C)/C=C(\C)NCCN/C(C)=C/1. The first-order chi connectivity index (χ1) is 8.58. The van der Waals surface area contributed by atoms with Gasteiger partial charge in [0.05, 0.1) is 6.54 Å². The second-order valence-electron chi connectivity index (χ2n) is 4.80. The van der Waals surface area contributed by atoms with Gasteiger partial charge >= 0.3 is 0 Å². The molecule has 0 fully saturated rings. The summed E-state index contributed by atoms with van der Waals surface area (Å²) in [5, 5.41) is 10.2. The molecule has 3 N–H and O–H groups in total. The third-order valence-corrected chi connectivity index (χ3v) is 2.80. The summed E-state index contributed by atoms with van der Waals surface area (Å²) in [4.78, 5) is 4.52. The van der Waals surface area contributed by atoms with E-state index in [0.29, 0.717) is 6.04 Å². The minimum atomic E-state index is 0.376. The Hall–Kier alpha value is -1.29.